The Labute approximate surface area is 121 Å². The van der Waals surface area contributed by atoms with Gasteiger partial charge in [0.05, 0.1) is 4.83 Å². The van der Waals surface area contributed by atoms with Gasteiger partial charge < -0.3 is 4.90 Å². The van der Waals surface area contributed by atoms with Crippen LogP contribution in [0.15, 0.2) is 24.3 Å². The maximum Gasteiger partial charge on any atom is 0.236 e. The van der Waals surface area contributed by atoms with Gasteiger partial charge in [0.2, 0.25) is 5.91 Å². The van der Waals surface area contributed by atoms with Crippen molar-refractivity contribution in [3.63, 3.8) is 0 Å². The topological polar surface area (TPSA) is 20.3 Å². The normalized spacial score (nSPS) is 16.4. The van der Waals surface area contributed by atoms with Gasteiger partial charge in [-0.1, -0.05) is 46.6 Å². The van der Waals surface area contributed by atoms with E-state index in [1.807, 2.05) is 36.1 Å². The van der Waals surface area contributed by atoms with Crippen molar-refractivity contribution in [3.8, 4) is 0 Å². The zero-order chi connectivity index (χ0) is 13.1. The zero-order valence-corrected chi connectivity index (χ0v) is 12.7. The number of carbonyl (C=O) groups is 1. The van der Waals surface area contributed by atoms with Gasteiger partial charge >= 0.3 is 0 Å². The Kier molecular flexibility index (Phi) is 4.68. The van der Waals surface area contributed by atoms with Gasteiger partial charge in [0.15, 0.2) is 0 Å². The summed E-state index contributed by atoms with van der Waals surface area (Å²) in [4.78, 5) is 14.2. The Balaban J connectivity index is 2.06. The molecule has 1 aromatic rings. The van der Waals surface area contributed by atoms with Gasteiger partial charge in [0.25, 0.3) is 0 Å². The second kappa shape index (κ2) is 6.07. The lowest BCUT2D eigenvalue weighted by molar-refractivity contribution is -0.131. The van der Waals surface area contributed by atoms with Crippen LogP contribution in [0.1, 0.15) is 31.7 Å². The number of hydrogen-bond donors (Lipinski definition) is 0. The lowest BCUT2D eigenvalue weighted by Gasteiger charge is -2.24. The smallest absolute Gasteiger partial charge is 0.236 e. The molecule has 18 heavy (non-hydrogen) atoms. The summed E-state index contributed by atoms with van der Waals surface area (Å²) in [5.41, 5.74) is 1.13. The van der Waals surface area contributed by atoms with E-state index < -0.39 is 0 Å². The molecule has 1 fully saturated rings. The molecule has 1 aliphatic carbocycles. The van der Waals surface area contributed by atoms with Crippen LogP contribution in [-0.4, -0.2) is 21.7 Å². The van der Waals surface area contributed by atoms with Crippen LogP contribution < -0.4 is 0 Å². The summed E-state index contributed by atoms with van der Waals surface area (Å²) in [6, 6.07) is 8.15. The minimum Gasteiger partial charge on any atom is -0.334 e. The molecule has 1 atom stereocenters. The van der Waals surface area contributed by atoms with Gasteiger partial charge in [-0.05, 0) is 37.0 Å². The highest BCUT2D eigenvalue weighted by atomic mass is 79.9. The number of alkyl halides is 1. The van der Waals surface area contributed by atoms with E-state index in [2.05, 4.69) is 15.9 Å². The molecule has 1 amide bonds. The first kappa shape index (κ1) is 13.9. The molecule has 1 saturated carbocycles. The van der Waals surface area contributed by atoms with E-state index >= 15 is 0 Å². The summed E-state index contributed by atoms with van der Waals surface area (Å²) >= 11 is 9.32. The van der Waals surface area contributed by atoms with Crippen LogP contribution in [-0.2, 0) is 11.3 Å². The van der Waals surface area contributed by atoms with Crippen LogP contribution in [0.25, 0.3) is 0 Å². The average molecular weight is 331 g/mol. The lowest BCUT2D eigenvalue weighted by atomic mass is 10.2. The van der Waals surface area contributed by atoms with Crippen molar-refractivity contribution in [3.05, 3.63) is 34.9 Å². The summed E-state index contributed by atoms with van der Waals surface area (Å²) in [6.45, 7) is 2.70. The summed E-state index contributed by atoms with van der Waals surface area (Å²) in [7, 11) is 0. The van der Waals surface area contributed by atoms with Gasteiger partial charge in [0.1, 0.15) is 0 Å². The van der Waals surface area contributed by atoms with Gasteiger partial charge in [-0.25, -0.2) is 0 Å². The van der Waals surface area contributed by atoms with Crippen LogP contribution in [0.3, 0.4) is 0 Å². The highest BCUT2D eigenvalue weighted by molar-refractivity contribution is 9.10. The summed E-state index contributed by atoms with van der Waals surface area (Å²) in [6.07, 6.45) is 3.08. The molecule has 4 heteroatoms. The third kappa shape index (κ3) is 3.48. The maximum absolute atomic E-state index is 12.3. The summed E-state index contributed by atoms with van der Waals surface area (Å²) in [5.74, 6) is 0.204. The molecule has 1 unspecified atom stereocenters. The van der Waals surface area contributed by atoms with E-state index in [4.69, 9.17) is 11.6 Å². The molecule has 1 aliphatic rings. The molecular weight excluding hydrogens is 314 g/mol. The molecule has 0 aromatic heterocycles. The van der Waals surface area contributed by atoms with Crippen molar-refractivity contribution in [2.75, 3.05) is 0 Å². The number of hydrogen-bond acceptors (Lipinski definition) is 1. The highest BCUT2D eigenvalue weighted by Crippen LogP contribution is 2.30. The van der Waals surface area contributed by atoms with Crippen LogP contribution in [0.5, 0.6) is 0 Å². The lowest BCUT2D eigenvalue weighted by Crippen LogP contribution is -2.37. The minimum absolute atomic E-state index is 0.0644. The van der Waals surface area contributed by atoms with E-state index in [0.29, 0.717) is 12.6 Å². The van der Waals surface area contributed by atoms with Gasteiger partial charge in [0, 0.05) is 17.6 Å². The van der Waals surface area contributed by atoms with Gasteiger partial charge in [-0.15, -0.1) is 0 Å². The highest BCUT2D eigenvalue weighted by Gasteiger charge is 2.34. The number of amides is 1. The Morgan fingerprint density at radius 1 is 1.44 bits per heavy atom. The van der Waals surface area contributed by atoms with Crippen molar-refractivity contribution in [2.45, 2.75) is 43.6 Å². The van der Waals surface area contributed by atoms with Crippen molar-refractivity contribution >= 4 is 33.4 Å². The average Bonchev–Trinajstić information content (AvgIpc) is 3.20. The maximum atomic E-state index is 12.3. The molecule has 0 saturated heterocycles. The first-order valence-corrected chi connectivity index (χ1v) is 7.60. The number of carbonyl (C=O) groups excluding carboxylic acids is 1. The quantitative estimate of drug-likeness (QED) is 0.747. The Bertz CT molecular complexity index is 416. The fourth-order valence-electron chi connectivity index (χ4n) is 1.91. The van der Waals surface area contributed by atoms with Gasteiger partial charge in [-0.3, -0.25) is 4.79 Å². The fraction of sp³-hybridized carbons (Fsp3) is 0.500. The van der Waals surface area contributed by atoms with Crippen LogP contribution in [0.2, 0.25) is 5.02 Å². The van der Waals surface area contributed by atoms with Crippen molar-refractivity contribution in [2.24, 2.45) is 0 Å². The van der Waals surface area contributed by atoms with E-state index in [0.717, 1.165) is 29.8 Å². The molecule has 2 nitrogen and oxygen atoms in total. The molecule has 0 heterocycles. The SMILES string of the molecule is CCC(Br)C(=O)N(Cc1ccc(Cl)cc1)C1CC1. The Morgan fingerprint density at radius 2 is 2.06 bits per heavy atom. The molecule has 0 spiro atoms. The van der Waals surface area contributed by atoms with Crippen LogP contribution in [0, 0.1) is 0 Å². The predicted octanol–water partition coefficient (Wildman–Crippen LogP) is 4.00. The van der Waals surface area contributed by atoms with E-state index in [1.54, 1.807) is 0 Å². The van der Waals surface area contributed by atoms with Crippen molar-refractivity contribution in [1.82, 2.24) is 4.90 Å². The first-order chi connectivity index (χ1) is 8.61. The van der Waals surface area contributed by atoms with Crippen molar-refractivity contribution in [1.29, 1.82) is 0 Å². The number of benzene rings is 1. The third-order valence-electron chi connectivity index (χ3n) is 3.16. The standard InChI is InChI=1S/C14H17BrClNO/c1-2-13(15)14(18)17(12-7-8-12)9-10-3-5-11(16)6-4-10/h3-6,12-13H,2,7-9H2,1H3. The predicted molar refractivity (Wildman–Crippen MR) is 78.0 cm³/mol. The zero-order valence-electron chi connectivity index (χ0n) is 10.4. The van der Waals surface area contributed by atoms with E-state index in [9.17, 15) is 4.79 Å². The van der Waals surface area contributed by atoms with Crippen molar-refractivity contribution < 1.29 is 4.79 Å². The largest absolute Gasteiger partial charge is 0.334 e. The number of rotatable bonds is 5. The van der Waals surface area contributed by atoms with E-state index in [-0.39, 0.29) is 10.7 Å². The third-order valence-corrected chi connectivity index (χ3v) is 4.45. The second-order valence-corrected chi connectivity index (χ2v) is 6.24. The minimum atomic E-state index is -0.0644. The molecule has 98 valence electrons. The van der Waals surface area contributed by atoms with Crippen LogP contribution >= 0.6 is 27.5 Å². The fourth-order valence-corrected chi connectivity index (χ4v) is 2.30. The summed E-state index contributed by atoms with van der Waals surface area (Å²) in [5, 5.41) is 0.731. The molecule has 0 aliphatic heterocycles. The molecular formula is C14H17BrClNO. The summed E-state index contributed by atoms with van der Waals surface area (Å²) < 4.78 is 0. The number of halogens is 2. The number of nitrogens with zero attached hydrogens (tertiary/aromatic N) is 1. The molecule has 0 bridgehead atoms. The van der Waals surface area contributed by atoms with Gasteiger partial charge in [-0.2, -0.15) is 0 Å². The molecule has 0 N–H and O–H groups in total. The first-order valence-electron chi connectivity index (χ1n) is 6.30. The Hall–Kier alpha value is -0.540. The molecule has 2 rings (SSSR count). The van der Waals surface area contributed by atoms with Crippen LogP contribution in [0.4, 0.5) is 0 Å². The van der Waals surface area contributed by atoms with E-state index in [1.165, 1.54) is 0 Å². The second-order valence-electron chi connectivity index (χ2n) is 4.70. The molecule has 0 radical (unpaired) electrons. The Morgan fingerprint density at radius 3 is 2.56 bits per heavy atom. The monoisotopic (exact) mass is 329 g/mol. The molecule has 1 aromatic carbocycles.